The van der Waals surface area contributed by atoms with Gasteiger partial charge < -0.3 is 5.32 Å². The Hall–Kier alpha value is -2.67. The molecule has 0 fully saturated rings. The van der Waals surface area contributed by atoms with Crippen molar-refractivity contribution in [1.29, 1.82) is 0 Å². The van der Waals surface area contributed by atoms with Crippen LogP contribution in [0.5, 0.6) is 0 Å². The van der Waals surface area contributed by atoms with E-state index in [1.807, 2.05) is 39.0 Å². The van der Waals surface area contributed by atoms with E-state index >= 15 is 0 Å². The van der Waals surface area contributed by atoms with Gasteiger partial charge in [-0.05, 0) is 61.7 Å². The van der Waals surface area contributed by atoms with Gasteiger partial charge in [0.2, 0.25) is 11.8 Å². The van der Waals surface area contributed by atoms with Crippen LogP contribution in [0.15, 0.2) is 40.9 Å². The quantitative estimate of drug-likeness (QED) is 0.632. The van der Waals surface area contributed by atoms with Gasteiger partial charge in [-0.1, -0.05) is 28.1 Å². The van der Waals surface area contributed by atoms with Gasteiger partial charge in [0.15, 0.2) is 0 Å². The molecule has 0 spiro atoms. The predicted molar refractivity (Wildman–Crippen MR) is 108 cm³/mol. The van der Waals surface area contributed by atoms with Crippen LogP contribution < -0.4 is 16.2 Å². The monoisotopic (exact) mass is 431 g/mol. The summed E-state index contributed by atoms with van der Waals surface area (Å²) in [6.45, 7) is 5.87. The standard InChI is InChI=1S/C20H22BrN3O3/c1-12-5-7-16(10-14(12)3)22-18(25)8-9-19(26)23-24-20(27)15-6-4-13(2)17(21)11-15/h4-7,10-11H,8-9H2,1-3H3,(H,22,25)(H,23,26)(H,24,27). The number of rotatable bonds is 5. The molecular weight excluding hydrogens is 410 g/mol. The number of carbonyl (C=O) groups excluding carboxylic acids is 3. The smallest absolute Gasteiger partial charge is 0.269 e. The zero-order chi connectivity index (χ0) is 20.0. The van der Waals surface area contributed by atoms with Crippen LogP contribution in [0, 0.1) is 20.8 Å². The first-order valence-corrected chi connectivity index (χ1v) is 9.28. The third-order valence-electron chi connectivity index (χ3n) is 4.12. The van der Waals surface area contributed by atoms with Crippen LogP contribution >= 0.6 is 15.9 Å². The summed E-state index contributed by atoms with van der Waals surface area (Å²) in [6, 6.07) is 10.8. The molecule has 0 aliphatic carbocycles. The second-order valence-corrected chi connectivity index (χ2v) is 7.17. The Morgan fingerprint density at radius 1 is 0.815 bits per heavy atom. The Morgan fingerprint density at radius 2 is 1.48 bits per heavy atom. The fourth-order valence-electron chi connectivity index (χ4n) is 2.26. The van der Waals surface area contributed by atoms with E-state index in [0.717, 1.165) is 21.2 Å². The molecule has 0 saturated heterocycles. The van der Waals surface area contributed by atoms with Gasteiger partial charge in [0.05, 0.1) is 0 Å². The van der Waals surface area contributed by atoms with E-state index in [-0.39, 0.29) is 18.7 Å². The highest BCUT2D eigenvalue weighted by Crippen LogP contribution is 2.17. The Morgan fingerprint density at radius 3 is 2.15 bits per heavy atom. The number of hydrogen-bond donors (Lipinski definition) is 3. The van der Waals surface area contributed by atoms with Gasteiger partial charge in [0.1, 0.15) is 0 Å². The number of hydrazine groups is 1. The van der Waals surface area contributed by atoms with Crippen LogP contribution in [0.4, 0.5) is 5.69 Å². The largest absolute Gasteiger partial charge is 0.326 e. The van der Waals surface area contributed by atoms with E-state index in [2.05, 4.69) is 32.1 Å². The maximum atomic E-state index is 12.0. The van der Waals surface area contributed by atoms with E-state index in [1.165, 1.54) is 0 Å². The molecule has 0 atom stereocenters. The van der Waals surface area contributed by atoms with Crippen molar-refractivity contribution < 1.29 is 14.4 Å². The normalized spacial score (nSPS) is 10.2. The second-order valence-electron chi connectivity index (χ2n) is 6.31. The number of hydrogen-bond acceptors (Lipinski definition) is 3. The molecule has 2 aromatic carbocycles. The minimum absolute atomic E-state index is 0.0186. The average molecular weight is 432 g/mol. The summed E-state index contributed by atoms with van der Waals surface area (Å²) in [5.74, 6) is -1.13. The van der Waals surface area contributed by atoms with Crippen LogP contribution in [-0.4, -0.2) is 17.7 Å². The number of aryl methyl sites for hydroxylation is 3. The van der Waals surface area contributed by atoms with Crippen molar-refractivity contribution in [1.82, 2.24) is 10.9 Å². The van der Waals surface area contributed by atoms with E-state index < -0.39 is 11.8 Å². The lowest BCUT2D eigenvalue weighted by Gasteiger charge is -2.09. The molecule has 0 aliphatic rings. The first kappa shape index (κ1) is 20.6. The number of benzene rings is 2. The molecule has 0 saturated carbocycles. The summed E-state index contributed by atoms with van der Waals surface area (Å²) in [7, 11) is 0. The summed E-state index contributed by atoms with van der Waals surface area (Å²) in [4.78, 5) is 35.8. The number of anilines is 1. The number of amides is 3. The van der Waals surface area contributed by atoms with Gasteiger partial charge in [0, 0.05) is 28.6 Å². The second kappa shape index (κ2) is 9.32. The van der Waals surface area contributed by atoms with Crippen molar-refractivity contribution in [3.63, 3.8) is 0 Å². The molecule has 6 nitrogen and oxygen atoms in total. The van der Waals surface area contributed by atoms with Crippen LogP contribution in [0.3, 0.4) is 0 Å². The topological polar surface area (TPSA) is 87.3 Å². The van der Waals surface area contributed by atoms with E-state index in [1.54, 1.807) is 18.2 Å². The minimum atomic E-state index is -0.440. The lowest BCUT2D eigenvalue weighted by molar-refractivity contribution is -0.124. The fourth-order valence-corrected chi connectivity index (χ4v) is 2.64. The third-order valence-corrected chi connectivity index (χ3v) is 4.97. The third kappa shape index (κ3) is 6.21. The van der Waals surface area contributed by atoms with Crippen LogP contribution in [-0.2, 0) is 9.59 Å². The van der Waals surface area contributed by atoms with E-state index in [0.29, 0.717) is 11.3 Å². The van der Waals surface area contributed by atoms with Crippen LogP contribution in [0.25, 0.3) is 0 Å². The fraction of sp³-hybridized carbons (Fsp3) is 0.250. The number of halogens is 1. The van der Waals surface area contributed by atoms with Gasteiger partial charge in [-0.25, -0.2) is 0 Å². The molecule has 0 bridgehead atoms. The van der Waals surface area contributed by atoms with Crippen molar-refractivity contribution in [3.05, 3.63) is 63.1 Å². The van der Waals surface area contributed by atoms with Gasteiger partial charge in [-0.2, -0.15) is 0 Å². The molecule has 3 amide bonds. The van der Waals surface area contributed by atoms with Crippen LogP contribution in [0.1, 0.15) is 39.9 Å². The van der Waals surface area contributed by atoms with Crippen molar-refractivity contribution in [2.45, 2.75) is 33.6 Å². The van der Waals surface area contributed by atoms with Crippen molar-refractivity contribution in [2.24, 2.45) is 0 Å². The zero-order valence-electron chi connectivity index (χ0n) is 15.5. The molecule has 27 heavy (non-hydrogen) atoms. The molecule has 2 aromatic rings. The summed E-state index contributed by atoms with van der Waals surface area (Å²) >= 11 is 3.36. The molecular formula is C20H22BrN3O3. The highest BCUT2D eigenvalue weighted by Gasteiger charge is 2.11. The summed E-state index contributed by atoms with van der Waals surface area (Å²) < 4.78 is 0.810. The predicted octanol–water partition coefficient (Wildman–Crippen LogP) is 3.55. The van der Waals surface area contributed by atoms with E-state index in [4.69, 9.17) is 0 Å². The molecule has 3 N–H and O–H groups in total. The van der Waals surface area contributed by atoms with Gasteiger partial charge in [-0.3, -0.25) is 25.2 Å². The highest BCUT2D eigenvalue weighted by molar-refractivity contribution is 9.10. The Labute approximate surface area is 166 Å². The van der Waals surface area contributed by atoms with Gasteiger partial charge in [0.25, 0.3) is 5.91 Å². The lowest BCUT2D eigenvalue weighted by atomic mass is 10.1. The summed E-state index contributed by atoms with van der Waals surface area (Å²) in [5.41, 5.74) is 9.00. The molecule has 142 valence electrons. The first-order chi connectivity index (χ1) is 12.8. The summed E-state index contributed by atoms with van der Waals surface area (Å²) in [6.07, 6.45) is -0.0146. The van der Waals surface area contributed by atoms with Gasteiger partial charge in [-0.15, -0.1) is 0 Å². The maximum absolute atomic E-state index is 12.0. The van der Waals surface area contributed by atoms with Crippen molar-refractivity contribution in [2.75, 3.05) is 5.32 Å². The van der Waals surface area contributed by atoms with Crippen molar-refractivity contribution in [3.8, 4) is 0 Å². The molecule has 0 aliphatic heterocycles. The highest BCUT2D eigenvalue weighted by atomic mass is 79.9. The van der Waals surface area contributed by atoms with Crippen molar-refractivity contribution >= 4 is 39.3 Å². The van der Waals surface area contributed by atoms with Crippen LogP contribution in [0.2, 0.25) is 0 Å². The molecule has 0 aromatic heterocycles. The van der Waals surface area contributed by atoms with E-state index in [9.17, 15) is 14.4 Å². The molecule has 2 rings (SSSR count). The Balaban J connectivity index is 1.76. The molecule has 0 radical (unpaired) electrons. The first-order valence-electron chi connectivity index (χ1n) is 8.48. The average Bonchev–Trinajstić information content (AvgIpc) is 2.63. The summed E-state index contributed by atoms with van der Waals surface area (Å²) in [5, 5.41) is 2.76. The Bertz CT molecular complexity index is 881. The SMILES string of the molecule is Cc1ccc(NC(=O)CCC(=O)NNC(=O)c2ccc(C)c(Br)c2)cc1C. The molecule has 0 unspecified atom stereocenters. The van der Waals surface area contributed by atoms with Gasteiger partial charge >= 0.3 is 0 Å². The number of nitrogens with one attached hydrogen (secondary N) is 3. The zero-order valence-corrected chi connectivity index (χ0v) is 17.1. The number of carbonyl (C=O) groups is 3. The minimum Gasteiger partial charge on any atom is -0.326 e. The lowest BCUT2D eigenvalue weighted by Crippen LogP contribution is -2.41. The maximum Gasteiger partial charge on any atom is 0.269 e. The molecule has 0 heterocycles. The Kier molecular flexibility index (Phi) is 7.12. The molecule has 7 heteroatoms.